The van der Waals surface area contributed by atoms with Crippen LogP contribution in [0.1, 0.15) is 58.6 Å². The number of rotatable bonds is 7. The van der Waals surface area contributed by atoms with Crippen LogP contribution >= 0.6 is 11.3 Å². The smallest absolute Gasteiger partial charge is 0.268 e. The normalized spacial score (nSPS) is 15.0. The van der Waals surface area contributed by atoms with E-state index >= 15 is 0 Å². The zero-order chi connectivity index (χ0) is 23.9. The minimum absolute atomic E-state index is 0.203. The number of aryl methyl sites for hydroxylation is 1. The first-order chi connectivity index (χ1) is 16.5. The van der Waals surface area contributed by atoms with Gasteiger partial charge in [-0.15, -0.1) is 11.3 Å². The molecule has 6 heteroatoms. The van der Waals surface area contributed by atoms with Crippen LogP contribution in [-0.4, -0.2) is 24.9 Å². The summed E-state index contributed by atoms with van der Waals surface area (Å²) in [6, 6.07) is 19.4. The SMILES string of the molecule is Cc1cccc(C(=O)N/C(=C\c2cccs2)C(=O)N[C@@H](C)c2ccc(N3CCCCC3)cc2)c1. The molecule has 0 saturated carbocycles. The van der Waals surface area contributed by atoms with E-state index in [0.717, 1.165) is 29.1 Å². The summed E-state index contributed by atoms with van der Waals surface area (Å²) < 4.78 is 0. The van der Waals surface area contributed by atoms with E-state index in [1.807, 2.05) is 49.6 Å². The van der Waals surface area contributed by atoms with Crippen LogP contribution in [0.5, 0.6) is 0 Å². The summed E-state index contributed by atoms with van der Waals surface area (Å²) in [6.45, 7) is 6.09. The Bertz CT molecular complexity index is 1150. The molecule has 0 radical (unpaired) electrons. The number of amides is 2. The van der Waals surface area contributed by atoms with Gasteiger partial charge in [-0.3, -0.25) is 9.59 Å². The number of hydrogen-bond acceptors (Lipinski definition) is 4. The molecule has 0 spiro atoms. The number of benzene rings is 2. The van der Waals surface area contributed by atoms with Gasteiger partial charge >= 0.3 is 0 Å². The van der Waals surface area contributed by atoms with Crippen molar-refractivity contribution >= 4 is 34.9 Å². The van der Waals surface area contributed by atoms with Crippen molar-refractivity contribution in [1.82, 2.24) is 10.6 Å². The fourth-order valence-corrected chi connectivity index (χ4v) is 4.80. The lowest BCUT2D eigenvalue weighted by Gasteiger charge is -2.29. The summed E-state index contributed by atoms with van der Waals surface area (Å²) in [6.07, 6.45) is 5.50. The third-order valence-electron chi connectivity index (χ3n) is 6.06. The number of nitrogens with one attached hydrogen (secondary N) is 2. The highest BCUT2D eigenvalue weighted by Gasteiger charge is 2.18. The van der Waals surface area contributed by atoms with Gasteiger partial charge in [-0.25, -0.2) is 0 Å². The van der Waals surface area contributed by atoms with Crippen LogP contribution in [0.3, 0.4) is 0 Å². The molecule has 4 rings (SSSR count). The van der Waals surface area contributed by atoms with Crippen molar-refractivity contribution in [3.05, 3.63) is 93.3 Å². The summed E-state index contributed by atoms with van der Waals surface area (Å²) in [5, 5.41) is 7.80. The molecule has 1 aliphatic rings. The standard InChI is InChI=1S/C28H31N3O2S/c1-20-8-6-9-23(18-20)27(32)30-26(19-25-10-7-17-34-25)28(33)29-21(2)22-11-13-24(14-12-22)31-15-4-3-5-16-31/h6-14,17-19,21H,3-5,15-16H2,1-2H3,(H,29,33)(H,30,32)/b26-19-/t21-/m0/s1. The maximum Gasteiger partial charge on any atom is 0.268 e. The molecule has 0 unspecified atom stereocenters. The minimum Gasteiger partial charge on any atom is -0.372 e. The van der Waals surface area contributed by atoms with E-state index in [1.54, 1.807) is 12.1 Å². The Morgan fingerprint density at radius 3 is 2.44 bits per heavy atom. The van der Waals surface area contributed by atoms with Crippen LogP contribution in [0.15, 0.2) is 71.7 Å². The fraction of sp³-hybridized carbons (Fsp3) is 0.286. The number of piperidine rings is 1. The molecule has 0 bridgehead atoms. The summed E-state index contributed by atoms with van der Waals surface area (Å²) >= 11 is 1.51. The Labute approximate surface area is 205 Å². The largest absolute Gasteiger partial charge is 0.372 e. The maximum absolute atomic E-state index is 13.2. The van der Waals surface area contributed by atoms with E-state index in [1.165, 1.54) is 36.3 Å². The van der Waals surface area contributed by atoms with E-state index < -0.39 is 0 Å². The lowest BCUT2D eigenvalue weighted by molar-refractivity contribution is -0.118. The van der Waals surface area contributed by atoms with Crippen molar-refractivity contribution in [2.24, 2.45) is 0 Å². The first-order valence-electron chi connectivity index (χ1n) is 11.8. The highest BCUT2D eigenvalue weighted by Crippen LogP contribution is 2.23. The molecule has 1 fully saturated rings. The molecule has 1 aliphatic heterocycles. The van der Waals surface area contributed by atoms with Gasteiger partial charge in [-0.1, -0.05) is 35.9 Å². The van der Waals surface area contributed by atoms with Gasteiger partial charge in [0.1, 0.15) is 5.70 Å². The third-order valence-corrected chi connectivity index (χ3v) is 6.88. The second-order valence-corrected chi connectivity index (χ2v) is 9.71. The van der Waals surface area contributed by atoms with Crippen LogP contribution in [-0.2, 0) is 4.79 Å². The molecule has 0 aliphatic carbocycles. The molecule has 5 nitrogen and oxygen atoms in total. The summed E-state index contributed by atoms with van der Waals surface area (Å²) in [4.78, 5) is 29.4. The van der Waals surface area contributed by atoms with Crippen LogP contribution in [0, 0.1) is 6.92 Å². The predicted octanol–water partition coefficient (Wildman–Crippen LogP) is 5.70. The Hall–Kier alpha value is -3.38. The number of carbonyl (C=O) groups is 2. The molecule has 1 saturated heterocycles. The topological polar surface area (TPSA) is 61.4 Å². The van der Waals surface area contributed by atoms with E-state index in [0.29, 0.717) is 5.56 Å². The Balaban J connectivity index is 1.47. The van der Waals surface area contributed by atoms with E-state index in [9.17, 15) is 9.59 Å². The fourth-order valence-electron chi connectivity index (χ4n) is 4.14. The quantitative estimate of drug-likeness (QED) is 0.433. The molecule has 3 aromatic rings. The number of thiophene rings is 1. The highest BCUT2D eigenvalue weighted by atomic mass is 32.1. The van der Waals surface area contributed by atoms with Gasteiger partial charge in [0.25, 0.3) is 11.8 Å². The molecule has 1 atom stereocenters. The van der Waals surface area contributed by atoms with Crippen LogP contribution in [0.2, 0.25) is 0 Å². The molecular weight excluding hydrogens is 442 g/mol. The first kappa shape index (κ1) is 23.8. The maximum atomic E-state index is 13.2. The monoisotopic (exact) mass is 473 g/mol. The second-order valence-electron chi connectivity index (χ2n) is 8.73. The molecule has 2 amide bonds. The van der Waals surface area contributed by atoms with Crippen LogP contribution < -0.4 is 15.5 Å². The molecule has 1 aromatic heterocycles. The van der Waals surface area contributed by atoms with Crippen molar-refractivity contribution < 1.29 is 9.59 Å². The predicted molar refractivity (Wildman–Crippen MR) is 140 cm³/mol. The molecule has 2 aromatic carbocycles. The van der Waals surface area contributed by atoms with Crippen molar-refractivity contribution in [2.75, 3.05) is 18.0 Å². The van der Waals surface area contributed by atoms with Gasteiger partial charge in [-0.2, -0.15) is 0 Å². The number of anilines is 1. The van der Waals surface area contributed by atoms with E-state index in [-0.39, 0.29) is 23.6 Å². The molecule has 2 N–H and O–H groups in total. The van der Waals surface area contributed by atoms with Crippen molar-refractivity contribution in [2.45, 2.75) is 39.2 Å². The summed E-state index contributed by atoms with van der Waals surface area (Å²) in [5.74, 6) is -0.623. The Morgan fingerprint density at radius 1 is 1.00 bits per heavy atom. The van der Waals surface area contributed by atoms with Crippen molar-refractivity contribution in [1.29, 1.82) is 0 Å². The summed E-state index contributed by atoms with van der Waals surface area (Å²) in [5.41, 5.74) is 3.99. The van der Waals surface area contributed by atoms with Gasteiger partial charge < -0.3 is 15.5 Å². The first-order valence-corrected chi connectivity index (χ1v) is 12.7. The molecule has 2 heterocycles. The van der Waals surface area contributed by atoms with E-state index in [4.69, 9.17) is 0 Å². The molecule has 176 valence electrons. The zero-order valence-electron chi connectivity index (χ0n) is 19.7. The van der Waals surface area contributed by atoms with Gasteiger partial charge in [0.2, 0.25) is 0 Å². The van der Waals surface area contributed by atoms with Crippen molar-refractivity contribution in [3.8, 4) is 0 Å². The van der Waals surface area contributed by atoms with Crippen molar-refractivity contribution in [3.63, 3.8) is 0 Å². The highest BCUT2D eigenvalue weighted by molar-refractivity contribution is 7.10. The van der Waals surface area contributed by atoms with Crippen LogP contribution in [0.4, 0.5) is 5.69 Å². The molecule has 34 heavy (non-hydrogen) atoms. The van der Waals surface area contributed by atoms with Gasteiger partial charge in [0.15, 0.2) is 0 Å². The van der Waals surface area contributed by atoms with Crippen LogP contribution in [0.25, 0.3) is 6.08 Å². The minimum atomic E-state index is -0.318. The number of carbonyl (C=O) groups excluding carboxylic acids is 2. The lowest BCUT2D eigenvalue weighted by Crippen LogP contribution is -2.36. The van der Waals surface area contributed by atoms with E-state index in [2.05, 4.69) is 39.8 Å². The van der Waals surface area contributed by atoms with Gasteiger partial charge in [0, 0.05) is 29.2 Å². The van der Waals surface area contributed by atoms with Gasteiger partial charge in [-0.05, 0) is 80.5 Å². The summed E-state index contributed by atoms with van der Waals surface area (Å²) in [7, 11) is 0. The molecular formula is C28H31N3O2S. The lowest BCUT2D eigenvalue weighted by atomic mass is 10.1. The number of nitrogens with zero attached hydrogens (tertiary/aromatic N) is 1. The van der Waals surface area contributed by atoms with Gasteiger partial charge in [0.05, 0.1) is 6.04 Å². The number of hydrogen-bond donors (Lipinski definition) is 2. The third kappa shape index (κ3) is 6.14. The average Bonchev–Trinajstić information content (AvgIpc) is 3.37. The Kier molecular flexibility index (Phi) is 7.80. The second kappa shape index (κ2) is 11.2. The average molecular weight is 474 g/mol. The zero-order valence-corrected chi connectivity index (χ0v) is 20.5. The Morgan fingerprint density at radius 2 is 1.76 bits per heavy atom.